The Balaban J connectivity index is 0.000000703. The van der Waals surface area contributed by atoms with Gasteiger partial charge < -0.3 is 29.9 Å². The zero-order valence-electron chi connectivity index (χ0n) is 29.2. The fourth-order valence-electron chi connectivity index (χ4n) is 5.80. The molecule has 1 aromatic rings. The SMILES string of the molecule is C=NCC1=CCOCC1.C=NN(C)CN(CC(=O)Nc1ccc(C(F)(F)F)cc1Cl)/C(CC)=C(\C=O)N1CCN(C(=O)C(F)(F)C2(O)CCC2)CC1. The molecule has 0 atom stereocenters. The van der Waals surface area contributed by atoms with Crippen molar-refractivity contribution in [2.24, 2.45) is 10.1 Å². The third-order valence-corrected chi connectivity index (χ3v) is 9.27. The predicted molar refractivity (Wildman–Crippen MR) is 187 cm³/mol. The molecule has 18 heteroatoms. The average molecular weight is 762 g/mol. The second-order valence-corrected chi connectivity index (χ2v) is 12.9. The van der Waals surface area contributed by atoms with Crippen LogP contribution in [0.1, 0.15) is 44.6 Å². The summed E-state index contributed by atoms with van der Waals surface area (Å²) in [5, 5.41) is 17.5. The Morgan fingerprint density at radius 2 is 1.79 bits per heavy atom. The van der Waals surface area contributed by atoms with Crippen LogP contribution >= 0.6 is 11.6 Å². The van der Waals surface area contributed by atoms with Gasteiger partial charge in [-0.2, -0.15) is 27.1 Å². The molecule has 1 saturated carbocycles. The number of amides is 2. The van der Waals surface area contributed by atoms with Crippen LogP contribution in [0.4, 0.5) is 27.6 Å². The number of nitrogens with one attached hydrogen (secondary N) is 1. The highest BCUT2D eigenvalue weighted by Gasteiger charge is 2.62. The van der Waals surface area contributed by atoms with E-state index in [1.807, 2.05) is 0 Å². The molecule has 0 unspecified atom stereocenters. The molecular formula is C34H45ClF5N7O5. The maximum atomic E-state index is 14.7. The molecule has 0 bridgehead atoms. The van der Waals surface area contributed by atoms with Crippen molar-refractivity contribution in [2.75, 3.05) is 71.5 Å². The number of hydrogen-bond acceptors (Lipinski definition) is 10. The standard InChI is InChI=1S/C27H34ClF5N6O4.C7H11NO/c1-4-21(22(16-40)37-10-12-38(13-11-37)24(42)26(29,30)25(43)8-5-9-25)39(17-36(3)34-2)15-23(41)35-20-7-6-18(14-19(20)28)27(31,32)33;1-8-6-7-2-4-9-5-3-7/h6-7,14,16,43H,2,4-5,8-13,15,17H2,1,3H3,(H,35,41);2H,1,3-6H2/b22-21+;. The number of rotatable bonds is 14. The number of anilines is 1. The van der Waals surface area contributed by atoms with Crippen molar-refractivity contribution >= 4 is 48.8 Å². The van der Waals surface area contributed by atoms with Crippen LogP contribution in [0.3, 0.4) is 0 Å². The van der Waals surface area contributed by atoms with Gasteiger partial charge in [0, 0.05) is 45.6 Å². The molecule has 2 aliphatic heterocycles. The van der Waals surface area contributed by atoms with E-state index < -0.39 is 35.1 Å². The minimum absolute atomic E-state index is 0.0125. The Morgan fingerprint density at radius 3 is 2.27 bits per heavy atom. The first-order chi connectivity index (χ1) is 24.5. The van der Waals surface area contributed by atoms with E-state index in [9.17, 15) is 41.4 Å². The fourth-order valence-corrected chi connectivity index (χ4v) is 6.02. The molecule has 2 amide bonds. The molecule has 0 spiro atoms. The lowest BCUT2D eigenvalue weighted by molar-refractivity contribution is -0.224. The van der Waals surface area contributed by atoms with E-state index in [0.717, 1.165) is 43.2 Å². The highest BCUT2D eigenvalue weighted by Crippen LogP contribution is 2.45. The monoisotopic (exact) mass is 761 g/mol. The number of aliphatic imine (C=N–C) groups is 1. The number of carbonyl (C=O) groups excluding carboxylic acids is 3. The molecule has 2 N–H and O–H groups in total. The van der Waals surface area contributed by atoms with Gasteiger partial charge in [0.05, 0.1) is 48.3 Å². The first-order valence-electron chi connectivity index (χ1n) is 16.6. The molecule has 1 aromatic carbocycles. The van der Waals surface area contributed by atoms with E-state index >= 15 is 0 Å². The number of halogens is 6. The summed E-state index contributed by atoms with van der Waals surface area (Å²) in [7, 11) is 1.57. The van der Waals surface area contributed by atoms with Crippen molar-refractivity contribution in [1.29, 1.82) is 0 Å². The van der Waals surface area contributed by atoms with Gasteiger partial charge in [-0.25, -0.2) is 0 Å². The second-order valence-electron chi connectivity index (χ2n) is 12.5. The van der Waals surface area contributed by atoms with Crippen molar-refractivity contribution in [1.82, 2.24) is 19.7 Å². The Labute approximate surface area is 304 Å². The van der Waals surface area contributed by atoms with Gasteiger partial charge in [0.15, 0.2) is 6.29 Å². The Morgan fingerprint density at radius 1 is 1.13 bits per heavy atom. The van der Waals surface area contributed by atoms with E-state index in [1.54, 1.807) is 18.9 Å². The molecule has 0 radical (unpaired) electrons. The highest BCUT2D eigenvalue weighted by atomic mass is 35.5. The summed E-state index contributed by atoms with van der Waals surface area (Å²) < 4.78 is 73.5. The van der Waals surface area contributed by atoms with Gasteiger partial charge >= 0.3 is 12.1 Å². The molecule has 2 heterocycles. The van der Waals surface area contributed by atoms with Gasteiger partial charge in [-0.1, -0.05) is 24.6 Å². The first-order valence-corrected chi connectivity index (χ1v) is 17.0. The number of ether oxygens (including phenoxy) is 1. The summed E-state index contributed by atoms with van der Waals surface area (Å²) in [6.07, 6.45) is -0.606. The zero-order chi connectivity index (χ0) is 38.7. The van der Waals surface area contributed by atoms with Crippen molar-refractivity contribution < 1.29 is 46.2 Å². The summed E-state index contributed by atoms with van der Waals surface area (Å²) in [5.74, 6) is -6.03. The number of hydrogen-bond donors (Lipinski definition) is 2. The highest BCUT2D eigenvalue weighted by molar-refractivity contribution is 6.33. The predicted octanol–water partition coefficient (Wildman–Crippen LogP) is 4.65. The Kier molecular flexibility index (Phi) is 15.1. The van der Waals surface area contributed by atoms with Gasteiger partial charge in [0.25, 0.3) is 5.91 Å². The normalized spacial score (nSPS) is 17.7. The lowest BCUT2D eigenvalue weighted by atomic mass is 9.75. The van der Waals surface area contributed by atoms with Crippen molar-refractivity contribution in [3.63, 3.8) is 0 Å². The number of benzene rings is 1. The van der Waals surface area contributed by atoms with E-state index in [0.29, 0.717) is 24.5 Å². The van der Waals surface area contributed by atoms with E-state index in [-0.39, 0.29) is 75.1 Å². The summed E-state index contributed by atoms with van der Waals surface area (Å²) >= 11 is 5.97. The molecule has 12 nitrogen and oxygen atoms in total. The molecule has 288 valence electrons. The number of aldehydes is 1. The number of piperazine rings is 1. The van der Waals surface area contributed by atoms with Gasteiger partial charge in [-0.05, 0) is 62.6 Å². The maximum Gasteiger partial charge on any atom is 0.416 e. The lowest BCUT2D eigenvalue weighted by Crippen LogP contribution is -2.63. The van der Waals surface area contributed by atoms with Gasteiger partial charge in [-0.15, -0.1) is 0 Å². The number of carbonyl (C=O) groups is 3. The largest absolute Gasteiger partial charge is 0.416 e. The third kappa shape index (κ3) is 10.7. The molecular weight excluding hydrogens is 717 g/mol. The van der Waals surface area contributed by atoms with Gasteiger partial charge in [0.2, 0.25) is 5.91 Å². The molecule has 1 saturated heterocycles. The van der Waals surface area contributed by atoms with Crippen LogP contribution in [-0.2, 0) is 25.3 Å². The third-order valence-electron chi connectivity index (χ3n) is 8.96. The van der Waals surface area contributed by atoms with Crippen molar-refractivity contribution in [3.05, 3.63) is 51.8 Å². The molecule has 4 rings (SSSR count). The van der Waals surface area contributed by atoms with Crippen LogP contribution in [0, 0.1) is 0 Å². The number of allylic oxidation sites excluding steroid dienone is 2. The number of alkyl halides is 5. The van der Waals surface area contributed by atoms with E-state index in [4.69, 9.17) is 16.3 Å². The lowest BCUT2D eigenvalue weighted by Gasteiger charge is -2.45. The Hall–Kier alpha value is -4.09. The summed E-state index contributed by atoms with van der Waals surface area (Å²) in [6, 6.07) is 2.51. The number of nitrogens with zero attached hydrogens (tertiary/aromatic N) is 6. The summed E-state index contributed by atoms with van der Waals surface area (Å²) in [5.41, 5.74) is -1.45. The van der Waals surface area contributed by atoms with E-state index in [2.05, 4.69) is 34.9 Å². The Bertz CT molecular complexity index is 1510. The molecule has 0 aromatic heterocycles. The smallest absolute Gasteiger partial charge is 0.383 e. The quantitative estimate of drug-likeness (QED) is 0.0534. The van der Waals surface area contributed by atoms with Crippen LogP contribution in [0.5, 0.6) is 0 Å². The first kappa shape index (κ1) is 42.3. The topological polar surface area (TPSA) is 130 Å². The number of hydrazone groups is 1. The van der Waals surface area contributed by atoms with Crippen LogP contribution < -0.4 is 5.32 Å². The second kappa shape index (κ2) is 18.6. The zero-order valence-corrected chi connectivity index (χ0v) is 30.0. The van der Waals surface area contributed by atoms with Gasteiger partial charge in [-0.3, -0.25) is 24.4 Å². The minimum Gasteiger partial charge on any atom is -0.383 e. The molecule has 1 aliphatic carbocycles. The summed E-state index contributed by atoms with van der Waals surface area (Å²) in [4.78, 5) is 45.8. The van der Waals surface area contributed by atoms with Crippen LogP contribution in [-0.4, -0.2) is 134 Å². The molecule has 2 fully saturated rings. The number of aliphatic hydroxyl groups is 1. The van der Waals surface area contributed by atoms with Gasteiger partial charge in [0.1, 0.15) is 12.3 Å². The van der Waals surface area contributed by atoms with Crippen molar-refractivity contribution in [3.8, 4) is 0 Å². The minimum atomic E-state index is -4.62. The van der Waals surface area contributed by atoms with Crippen LogP contribution in [0.15, 0.2) is 51.3 Å². The van der Waals surface area contributed by atoms with Crippen molar-refractivity contribution in [2.45, 2.75) is 56.7 Å². The maximum absolute atomic E-state index is 14.7. The fraction of sp³-hybridized carbons (Fsp3) is 0.559. The molecule has 52 heavy (non-hydrogen) atoms. The van der Waals surface area contributed by atoms with Crippen LogP contribution in [0.2, 0.25) is 5.02 Å². The summed E-state index contributed by atoms with van der Waals surface area (Å²) in [6.45, 7) is 10.4. The van der Waals surface area contributed by atoms with Crippen LogP contribution in [0.25, 0.3) is 0 Å². The molecule has 3 aliphatic rings. The average Bonchev–Trinajstić information content (AvgIpc) is 3.10. The van der Waals surface area contributed by atoms with E-state index in [1.165, 1.54) is 15.5 Å².